The van der Waals surface area contributed by atoms with Gasteiger partial charge in [0.1, 0.15) is 5.52 Å². The Hall–Kier alpha value is -2.49. The minimum Gasteiger partial charge on any atom is -0.379 e. The van der Waals surface area contributed by atoms with Crippen molar-refractivity contribution in [2.24, 2.45) is 0 Å². The predicted molar refractivity (Wildman–Crippen MR) is 101 cm³/mol. The van der Waals surface area contributed by atoms with Crippen LogP contribution in [0, 0.1) is 6.92 Å². The van der Waals surface area contributed by atoms with E-state index in [1.54, 1.807) is 29.0 Å². The van der Waals surface area contributed by atoms with Gasteiger partial charge in [-0.05, 0) is 30.7 Å². The molecule has 0 unspecified atom stereocenters. The van der Waals surface area contributed by atoms with Crippen LogP contribution < -0.4 is 5.32 Å². The number of benzene rings is 1. The lowest BCUT2D eigenvalue weighted by molar-refractivity contribution is 0.0730. The Balaban J connectivity index is 1.47. The van der Waals surface area contributed by atoms with Crippen LogP contribution in [0.4, 0.5) is 5.82 Å². The number of sulfonamides is 1. The molecule has 0 amide bonds. The fraction of sp³-hybridized carbons (Fsp3) is 0.333. The second kappa shape index (κ2) is 7.26. The Labute approximate surface area is 157 Å². The fourth-order valence-electron chi connectivity index (χ4n) is 3.08. The van der Waals surface area contributed by atoms with E-state index < -0.39 is 10.0 Å². The molecule has 9 heteroatoms. The molecule has 142 valence electrons. The van der Waals surface area contributed by atoms with E-state index in [1.807, 2.05) is 25.1 Å². The third-order valence-electron chi connectivity index (χ3n) is 4.50. The van der Waals surface area contributed by atoms with Crippen LogP contribution in [0.15, 0.2) is 47.6 Å². The number of hydrogen-bond acceptors (Lipinski definition) is 6. The molecule has 3 aromatic rings. The van der Waals surface area contributed by atoms with Gasteiger partial charge in [0.05, 0.1) is 23.8 Å². The van der Waals surface area contributed by atoms with Crippen LogP contribution in [0.1, 0.15) is 11.3 Å². The van der Waals surface area contributed by atoms with Crippen LogP contribution in [0.3, 0.4) is 0 Å². The maximum atomic E-state index is 12.7. The summed E-state index contributed by atoms with van der Waals surface area (Å²) >= 11 is 0. The predicted octanol–water partition coefficient (Wildman–Crippen LogP) is 1.67. The lowest BCUT2D eigenvalue weighted by atomic mass is 10.2. The van der Waals surface area contributed by atoms with Crippen LogP contribution >= 0.6 is 0 Å². The van der Waals surface area contributed by atoms with Crippen molar-refractivity contribution >= 4 is 21.4 Å². The molecule has 2 aromatic heterocycles. The highest BCUT2D eigenvalue weighted by molar-refractivity contribution is 7.89. The molecule has 27 heavy (non-hydrogen) atoms. The molecule has 0 spiro atoms. The van der Waals surface area contributed by atoms with Crippen molar-refractivity contribution in [1.82, 2.24) is 18.9 Å². The summed E-state index contributed by atoms with van der Waals surface area (Å²) in [7, 11) is -3.46. The summed E-state index contributed by atoms with van der Waals surface area (Å²) in [4.78, 5) is 4.67. The molecule has 1 saturated heterocycles. The molecule has 1 fully saturated rings. The lowest BCUT2D eigenvalue weighted by Crippen LogP contribution is -2.40. The lowest BCUT2D eigenvalue weighted by Gasteiger charge is -2.26. The first-order chi connectivity index (χ1) is 13.0. The van der Waals surface area contributed by atoms with Crippen LogP contribution in [0.25, 0.3) is 5.52 Å². The molecule has 0 aliphatic carbocycles. The van der Waals surface area contributed by atoms with Gasteiger partial charge in [-0.3, -0.25) is 0 Å². The largest absolute Gasteiger partial charge is 0.379 e. The highest BCUT2D eigenvalue weighted by Gasteiger charge is 2.26. The normalized spacial score (nSPS) is 15.9. The second-order valence-corrected chi connectivity index (χ2v) is 8.34. The highest BCUT2D eigenvalue weighted by atomic mass is 32.2. The number of ether oxygens (including phenoxy) is 1. The van der Waals surface area contributed by atoms with Crippen molar-refractivity contribution in [3.8, 4) is 0 Å². The van der Waals surface area contributed by atoms with E-state index in [-0.39, 0.29) is 0 Å². The standard InChI is InChI=1S/C18H21N5O3S/c1-14-12-17-18(19-6-7-23(17)21-14)20-13-15-2-4-16(5-3-15)27(24,25)22-8-10-26-11-9-22/h2-7,12H,8-11,13H2,1H3,(H,19,20). The molecule has 3 heterocycles. The average Bonchev–Trinajstić information content (AvgIpc) is 3.08. The Kier molecular flexibility index (Phi) is 4.81. The molecule has 1 N–H and O–H groups in total. The molecular formula is C18H21N5O3S. The van der Waals surface area contributed by atoms with Gasteiger partial charge >= 0.3 is 0 Å². The number of aryl methyl sites for hydroxylation is 1. The second-order valence-electron chi connectivity index (χ2n) is 6.41. The zero-order valence-corrected chi connectivity index (χ0v) is 15.8. The zero-order valence-electron chi connectivity index (χ0n) is 15.0. The average molecular weight is 387 g/mol. The van der Waals surface area contributed by atoms with E-state index >= 15 is 0 Å². The molecule has 4 rings (SSSR count). The van der Waals surface area contributed by atoms with E-state index in [0.29, 0.717) is 37.7 Å². The number of hydrogen-bond donors (Lipinski definition) is 1. The van der Waals surface area contributed by atoms with E-state index in [4.69, 9.17) is 4.74 Å². The van der Waals surface area contributed by atoms with Gasteiger partial charge in [-0.2, -0.15) is 9.40 Å². The van der Waals surface area contributed by atoms with Gasteiger partial charge in [0.15, 0.2) is 5.82 Å². The summed E-state index contributed by atoms with van der Waals surface area (Å²) in [5, 5.41) is 7.66. The van der Waals surface area contributed by atoms with E-state index in [2.05, 4.69) is 15.4 Å². The first-order valence-corrected chi connectivity index (χ1v) is 10.2. The Bertz CT molecular complexity index is 1040. The summed E-state index contributed by atoms with van der Waals surface area (Å²) in [6.07, 6.45) is 3.50. The first-order valence-electron chi connectivity index (χ1n) is 8.76. The summed E-state index contributed by atoms with van der Waals surface area (Å²) in [5.74, 6) is 0.739. The number of fused-ring (bicyclic) bond motifs is 1. The Morgan fingerprint density at radius 1 is 1.19 bits per heavy atom. The van der Waals surface area contributed by atoms with Crippen LogP contribution in [-0.2, 0) is 21.3 Å². The molecule has 0 radical (unpaired) electrons. The number of aromatic nitrogens is 3. The Morgan fingerprint density at radius 3 is 2.67 bits per heavy atom. The number of nitrogens with zero attached hydrogens (tertiary/aromatic N) is 4. The van der Waals surface area contributed by atoms with Gasteiger partial charge in [0.25, 0.3) is 0 Å². The molecule has 8 nitrogen and oxygen atoms in total. The number of rotatable bonds is 5. The minimum absolute atomic E-state index is 0.305. The number of nitrogens with one attached hydrogen (secondary N) is 1. The summed E-state index contributed by atoms with van der Waals surface area (Å²) in [6.45, 7) is 4.14. The topological polar surface area (TPSA) is 88.8 Å². The Morgan fingerprint density at radius 2 is 1.93 bits per heavy atom. The smallest absolute Gasteiger partial charge is 0.243 e. The maximum absolute atomic E-state index is 12.7. The van der Waals surface area contributed by atoms with Gasteiger partial charge in [0.2, 0.25) is 10.0 Å². The van der Waals surface area contributed by atoms with Crippen LogP contribution in [0.5, 0.6) is 0 Å². The molecule has 1 aliphatic rings. The van der Waals surface area contributed by atoms with E-state index in [9.17, 15) is 8.42 Å². The highest BCUT2D eigenvalue weighted by Crippen LogP contribution is 2.19. The van der Waals surface area contributed by atoms with Gasteiger partial charge in [-0.25, -0.2) is 17.9 Å². The van der Waals surface area contributed by atoms with Gasteiger partial charge in [-0.1, -0.05) is 12.1 Å². The summed E-state index contributed by atoms with van der Waals surface area (Å²) < 4.78 is 33.8. The molecule has 1 aromatic carbocycles. The SMILES string of the molecule is Cc1cc2c(NCc3ccc(S(=O)(=O)N4CCOCC4)cc3)nccn2n1. The van der Waals surface area contributed by atoms with Crippen molar-refractivity contribution in [3.05, 3.63) is 54.0 Å². The van der Waals surface area contributed by atoms with Gasteiger partial charge < -0.3 is 10.1 Å². The van der Waals surface area contributed by atoms with Crippen molar-refractivity contribution in [3.63, 3.8) is 0 Å². The molecule has 1 aliphatic heterocycles. The van der Waals surface area contributed by atoms with Crippen molar-refractivity contribution in [1.29, 1.82) is 0 Å². The van der Waals surface area contributed by atoms with Gasteiger partial charge in [-0.15, -0.1) is 0 Å². The maximum Gasteiger partial charge on any atom is 0.243 e. The molecule has 0 atom stereocenters. The van der Waals surface area contributed by atoms with E-state index in [0.717, 1.165) is 22.6 Å². The number of morpholine rings is 1. The van der Waals surface area contributed by atoms with Crippen molar-refractivity contribution < 1.29 is 13.2 Å². The monoisotopic (exact) mass is 387 g/mol. The quantitative estimate of drug-likeness (QED) is 0.716. The third kappa shape index (κ3) is 3.66. The molecule has 0 bridgehead atoms. The minimum atomic E-state index is -3.46. The van der Waals surface area contributed by atoms with Crippen LogP contribution in [-0.4, -0.2) is 53.6 Å². The zero-order chi connectivity index (χ0) is 18.9. The first kappa shape index (κ1) is 17.9. The van der Waals surface area contributed by atoms with Crippen molar-refractivity contribution in [2.75, 3.05) is 31.6 Å². The number of anilines is 1. The third-order valence-corrected chi connectivity index (χ3v) is 6.42. The summed E-state index contributed by atoms with van der Waals surface area (Å²) in [5.41, 5.74) is 2.79. The van der Waals surface area contributed by atoms with E-state index in [1.165, 1.54) is 4.31 Å². The van der Waals surface area contributed by atoms with Crippen LogP contribution in [0.2, 0.25) is 0 Å². The van der Waals surface area contributed by atoms with Crippen molar-refractivity contribution in [2.45, 2.75) is 18.4 Å². The fourth-order valence-corrected chi connectivity index (χ4v) is 4.49. The van der Waals surface area contributed by atoms with Gasteiger partial charge in [0, 0.05) is 32.0 Å². The molecule has 0 saturated carbocycles. The summed E-state index contributed by atoms with van der Waals surface area (Å²) in [6, 6.07) is 8.91. The molecular weight excluding hydrogens is 366 g/mol.